The molecule has 0 saturated carbocycles. The largest absolute Gasteiger partial charge is 0.461 e. The molecule has 1 rings (SSSR count). The van der Waals surface area contributed by atoms with Crippen LogP contribution >= 0.6 is 47.8 Å². The number of carbonyl (C=O) groups is 2. The summed E-state index contributed by atoms with van der Waals surface area (Å²) in [4.78, 5) is 23.1. The van der Waals surface area contributed by atoms with Gasteiger partial charge in [-0.1, -0.05) is 0 Å². The molecule has 11 heteroatoms. The minimum Gasteiger partial charge on any atom is -0.461 e. The molecule has 0 aliphatic heterocycles. The number of alkyl halides is 3. The normalized spacial score (nSPS) is 11.8. The molecular formula is C11H9Br3O7S. The van der Waals surface area contributed by atoms with Crippen molar-refractivity contribution in [3.63, 3.8) is 0 Å². The molecule has 0 aromatic heterocycles. The maximum atomic E-state index is 11.6. The van der Waals surface area contributed by atoms with Gasteiger partial charge in [0.25, 0.3) is 10.1 Å². The molecule has 0 unspecified atom stereocenters. The molecule has 0 aliphatic rings. The Morgan fingerprint density at radius 2 is 1.68 bits per heavy atom. The molecule has 0 atom stereocenters. The summed E-state index contributed by atoms with van der Waals surface area (Å²) in [5, 5.41) is 0. The molecule has 22 heavy (non-hydrogen) atoms. The summed E-state index contributed by atoms with van der Waals surface area (Å²) in [7, 11) is -4.18. The zero-order valence-electron chi connectivity index (χ0n) is 10.7. The molecule has 0 aliphatic carbocycles. The number of hydrogen-bond donors (Lipinski definition) is 1. The van der Waals surface area contributed by atoms with E-state index in [0.29, 0.717) is 0 Å². The monoisotopic (exact) mass is 522 g/mol. The van der Waals surface area contributed by atoms with Crippen LogP contribution in [-0.4, -0.2) is 39.4 Å². The van der Waals surface area contributed by atoms with Crippen molar-refractivity contribution in [1.82, 2.24) is 0 Å². The molecule has 1 N–H and O–H groups in total. The highest BCUT2D eigenvalue weighted by molar-refractivity contribution is 9.40. The second-order valence-electron chi connectivity index (χ2n) is 3.83. The van der Waals surface area contributed by atoms with Gasteiger partial charge in [-0.15, -0.1) is 0 Å². The van der Waals surface area contributed by atoms with Crippen molar-refractivity contribution >= 4 is 69.8 Å². The van der Waals surface area contributed by atoms with Gasteiger partial charge >= 0.3 is 11.9 Å². The van der Waals surface area contributed by atoms with Crippen LogP contribution in [0, 0.1) is 0 Å². The third kappa shape index (κ3) is 7.18. The van der Waals surface area contributed by atoms with Gasteiger partial charge in [0.2, 0.25) is 2.14 Å². The van der Waals surface area contributed by atoms with Gasteiger partial charge in [-0.3, -0.25) is 4.55 Å². The highest BCUT2D eigenvalue weighted by atomic mass is 80.0. The van der Waals surface area contributed by atoms with Gasteiger partial charge in [0.1, 0.15) is 18.1 Å². The Labute approximate surface area is 151 Å². The maximum absolute atomic E-state index is 11.6. The van der Waals surface area contributed by atoms with E-state index in [-0.39, 0.29) is 11.3 Å². The van der Waals surface area contributed by atoms with Gasteiger partial charge in [0.15, 0.2) is 0 Å². The summed E-state index contributed by atoms with van der Waals surface area (Å²) in [5.74, 6) is -1.91. The van der Waals surface area contributed by atoms with Crippen LogP contribution in [0.2, 0.25) is 0 Å². The van der Waals surface area contributed by atoms with E-state index in [0.717, 1.165) is 0 Å². The summed E-state index contributed by atoms with van der Waals surface area (Å²) < 4.78 is 37.9. The predicted molar refractivity (Wildman–Crippen MR) is 88.3 cm³/mol. The molecule has 1 aromatic carbocycles. The van der Waals surface area contributed by atoms with Crippen LogP contribution in [-0.2, 0) is 19.6 Å². The maximum Gasteiger partial charge on any atom is 0.350 e. The molecule has 0 heterocycles. The smallest absolute Gasteiger partial charge is 0.350 e. The highest BCUT2D eigenvalue weighted by Gasteiger charge is 2.31. The zero-order chi connectivity index (χ0) is 17.0. The lowest BCUT2D eigenvalue weighted by atomic mass is 10.2. The number of carbonyl (C=O) groups excluding carboxylic acids is 2. The summed E-state index contributed by atoms with van der Waals surface area (Å²) >= 11 is 9.00. The van der Waals surface area contributed by atoms with E-state index in [4.69, 9.17) is 9.29 Å². The van der Waals surface area contributed by atoms with E-state index in [1.54, 1.807) is 0 Å². The second-order valence-corrected chi connectivity index (χ2v) is 12.2. The predicted octanol–water partition coefficient (Wildman–Crippen LogP) is 2.48. The fourth-order valence-electron chi connectivity index (χ4n) is 1.15. The zero-order valence-corrected chi connectivity index (χ0v) is 16.2. The van der Waals surface area contributed by atoms with E-state index in [1.165, 1.54) is 24.3 Å². The lowest BCUT2D eigenvalue weighted by Crippen LogP contribution is -2.23. The fraction of sp³-hybridized carbons (Fsp3) is 0.273. The van der Waals surface area contributed by atoms with Gasteiger partial charge < -0.3 is 9.47 Å². The summed E-state index contributed by atoms with van der Waals surface area (Å²) in [6.45, 7) is -0.465. The quantitative estimate of drug-likeness (QED) is 0.273. The first-order valence-electron chi connectivity index (χ1n) is 5.50. The number of halogens is 3. The number of ether oxygens (including phenoxy) is 2. The Morgan fingerprint density at radius 1 is 1.14 bits per heavy atom. The van der Waals surface area contributed by atoms with Crippen LogP contribution in [0.1, 0.15) is 10.4 Å². The van der Waals surface area contributed by atoms with Crippen molar-refractivity contribution in [2.24, 2.45) is 0 Å². The Bertz CT molecular complexity index is 649. The molecule has 0 bridgehead atoms. The standard InChI is InChI=1S/C11H9Br3O7S/c12-11(13,14)10(16)21-8-3-1-7(2-4-8)9(15)20-5-6-22(17,18)19/h1-4H,5-6H2,(H,17,18,19). The Morgan fingerprint density at radius 3 is 2.14 bits per heavy atom. The van der Waals surface area contributed by atoms with Crippen LogP contribution in [0.4, 0.5) is 0 Å². The van der Waals surface area contributed by atoms with Crippen molar-refractivity contribution in [3.8, 4) is 5.75 Å². The Hall–Kier alpha value is -0.490. The van der Waals surface area contributed by atoms with E-state index in [9.17, 15) is 18.0 Å². The Kier molecular flexibility index (Phi) is 6.99. The third-order valence-corrected chi connectivity index (χ3v) is 3.76. The molecule has 0 radical (unpaired) electrons. The molecule has 7 nitrogen and oxygen atoms in total. The van der Waals surface area contributed by atoms with Gasteiger partial charge in [-0.2, -0.15) is 8.42 Å². The van der Waals surface area contributed by atoms with E-state index in [2.05, 4.69) is 52.5 Å². The van der Waals surface area contributed by atoms with Crippen LogP contribution in [0.15, 0.2) is 24.3 Å². The minimum absolute atomic E-state index is 0.137. The van der Waals surface area contributed by atoms with E-state index < -0.39 is 36.6 Å². The van der Waals surface area contributed by atoms with Crippen molar-refractivity contribution in [3.05, 3.63) is 29.8 Å². The molecule has 122 valence electrons. The Balaban J connectivity index is 2.61. The molecule has 0 saturated heterocycles. The number of rotatable bonds is 5. The fourth-order valence-corrected chi connectivity index (χ4v) is 1.68. The van der Waals surface area contributed by atoms with Crippen molar-refractivity contribution < 1.29 is 32.0 Å². The van der Waals surface area contributed by atoms with Crippen molar-refractivity contribution in [2.75, 3.05) is 12.4 Å². The van der Waals surface area contributed by atoms with Crippen LogP contribution in [0.25, 0.3) is 0 Å². The SMILES string of the molecule is O=C(OCCS(=O)(=O)O)c1ccc(OC(=O)C(Br)(Br)Br)cc1. The van der Waals surface area contributed by atoms with Crippen LogP contribution in [0.3, 0.4) is 0 Å². The first-order valence-corrected chi connectivity index (χ1v) is 9.49. The lowest BCUT2D eigenvalue weighted by molar-refractivity contribution is -0.132. The van der Waals surface area contributed by atoms with Crippen molar-refractivity contribution in [2.45, 2.75) is 2.14 Å². The van der Waals surface area contributed by atoms with Gasteiger partial charge in [-0.05, 0) is 72.1 Å². The highest BCUT2D eigenvalue weighted by Crippen LogP contribution is 2.35. The number of hydrogen-bond acceptors (Lipinski definition) is 6. The number of esters is 2. The number of benzene rings is 1. The van der Waals surface area contributed by atoms with E-state index in [1.807, 2.05) is 0 Å². The average Bonchev–Trinajstić information content (AvgIpc) is 2.36. The summed E-state index contributed by atoms with van der Waals surface area (Å²) in [5.41, 5.74) is 0.137. The summed E-state index contributed by atoms with van der Waals surface area (Å²) in [6, 6.07) is 5.43. The lowest BCUT2D eigenvalue weighted by Gasteiger charge is -2.11. The van der Waals surface area contributed by atoms with Gasteiger partial charge in [0.05, 0.1) is 5.56 Å². The van der Waals surface area contributed by atoms with Gasteiger partial charge in [-0.25, -0.2) is 9.59 Å². The summed E-state index contributed by atoms with van der Waals surface area (Å²) in [6.07, 6.45) is 0. The molecule has 1 aromatic rings. The first kappa shape index (κ1) is 19.6. The average molecular weight is 525 g/mol. The topological polar surface area (TPSA) is 107 Å². The van der Waals surface area contributed by atoms with Crippen molar-refractivity contribution in [1.29, 1.82) is 0 Å². The molecule has 0 spiro atoms. The van der Waals surface area contributed by atoms with Gasteiger partial charge in [0, 0.05) is 0 Å². The third-order valence-electron chi connectivity index (χ3n) is 2.11. The molecule has 0 amide bonds. The molecular weight excluding hydrogens is 516 g/mol. The minimum atomic E-state index is -4.18. The molecule has 0 fully saturated rings. The van der Waals surface area contributed by atoms with Crippen LogP contribution < -0.4 is 4.74 Å². The first-order chi connectivity index (χ1) is 9.99. The van der Waals surface area contributed by atoms with E-state index >= 15 is 0 Å². The van der Waals surface area contributed by atoms with Crippen LogP contribution in [0.5, 0.6) is 5.75 Å². The second kappa shape index (κ2) is 7.86.